The molecule has 5 nitrogen and oxygen atoms in total. The van der Waals surface area contributed by atoms with Crippen LogP contribution in [0.3, 0.4) is 0 Å². The predicted molar refractivity (Wildman–Crippen MR) is 61.2 cm³/mol. The summed E-state index contributed by atoms with van der Waals surface area (Å²) in [4.78, 5) is 21.6. The number of carbonyl (C=O) groups is 2. The Labute approximate surface area is 99.2 Å². The van der Waals surface area contributed by atoms with Crippen LogP contribution in [0.2, 0.25) is 0 Å². The normalized spacial score (nSPS) is 13.9. The summed E-state index contributed by atoms with van der Waals surface area (Å²) in [5.74, 6) is -1.88. The van der Waals surface area contributed by atoms with E-state index < -0.39 is 24.1 Å². The number of carboxylic acids is 1. The highest BCUT2D eigenvalue weighted by Crippen LogP contribution is 2.19. The number of rotatable bonds is 6. The molecule has 0 fully saturated rings. The Balaban J connectivity index is 2.67. The number of aliphatic carboxylic acids is 1. The fourth-order valence-electron chi connectivity index (χ4n) is 1.43. The molecule has 1 amide bonds. The minimum absolute atomic E-state index is 0.327. The third-order valence-electron chi connectivity index (χ3n) is 2.30. The molecule has 2 atom stereocenters. The quantitative estimate of drug-likeness (QED) is 0.775. The van der Waals surface area contributed by atoms with Crippen molar-refractivity contribution in [2.45, 2.75) is 25.6 Å². The van der Waals surface area contributed by atoms with Gasteiger partial charge in [-0.15, -0.1) is 0 Å². The Morgan fingerprint density at radius 3 is 2.41 bits per heavy atom. The minimum Gasteiger partial charge on any atom is -0.479 e. The number of hydrogen-bond donors (Lipinski definition) is 2. The van der Waals surface area contributed by atoms with E-state index in [1.165, 1.54) is 0 Å². The lowest BCUT2D eigenvalue weighted by Crippen LogP contribution is -2.30. The van der Waals surface area contributed by atoms with Crippen molar-refractivity contribution in [3.05, 3.63) is 35.9 Å². The fraction of sp³-hybridized carbons (Fsp3) is 0.333. The minimum atomic E-state index is -1.21. The van der Waals surface area contributed by atoms with E-state index >= 15 is 0 Å². The van der Waals surface area contributed by atoms with E-state index in [0.29, 0.717) is 0 Å². The van der Waals surface area contributed by atoms with Crippen molar-refractivity contribution in [1.82, 2.24) is 0 Å². The Hall–Kier alpha value is -1.88. The van der Waals surface area contributed by atoms with Crippen molar-refractivity contribution in [2.75, 3.05) is 0 Å². The summed E-state index contributed by atoms with van der Waals surface area (Å²) >= 11 is 0. The summed E-state index contributed by atoms with van der Waals surface area (Å²) in [6, 6.07) is 9.17. The fourth-order valence-corrected chi connectivity index (χ4v) is 1.43. The Kier molecular flexibility index (Phi) is 4.66. The van der Waals surface area contributed by atoms with Gasteiger partial charge in [0.25, 0.3) is 0 Å². The molecule has 0 aliphatic rings. The molecule has 1 rings (SSSR count). The molecule has 1 aromatic rings. The molecule has 0 aliphatic heterocycles. The Morgan fingerprint density at radius 2 is 1.94 bits per heavy atom. The molecular weight excluding hydrogens is 222 g/mol. The molecule has 0 radical (unpaired) electrons. The average Bonchev–Trinajstić information content (AvgIpc) is 2.28. The second-order valence-corrected chi connectivity index (χ2v) is 3.69. The van der Waals surface area contributed by atoms with Gasteiger partial charge >= 0.3 is 5.97 Å². The van der Waals surface area contributed by atoms with Gasteiger partial charge in [0.05, 0.1) is 12.5 Å². The number of ether oxygens (including phenoxy) is 1. The van der Waals surface area contributed by atoms with Crippen LogP contribution in [0, 0.1) is 0 Å². The van der Waals surface area contributed by atoms with Gasteiger partial charge in [-0.05, 0) is 12.5 Å². The van der Waals surface area contributed by atoms with Crippen molar-refractivity contribution >= 4 is 11.9 Å². The smallest absolute Gasteiger partial charge is 0.333 e. The lowest BCUT2D eigenvalue weighted by molar-refractivity contribution is -0.156. The maximum absolute atomic E-state index is 10.9. The van der Waals surface area contributed by atoms with Gasteiger partial charge in [0.1, 0.15) is 0 Å². The first-order valence-corrected chi connectivity index (χ1v) is 5.22. The van der Waals surface area contributed by atoms with Gasteiger partial charge in [0, 0.05) is 0 Å². The lowest BCUT2D eigenvalue weighted by atomic mass is 10.1. The third-order valence-corrected chi connectivity index (χ3v) is 2.30. The van der Waals surface area contributed by atoms with Crippen LogP contribution in [-0.4, -0.2) is 23.1 Å². The summed E-state index contributed by atoms with van der Waals surface area (Å²) in [6.45, 7) is 1.73. The van der Waals surface area contributed by atoms with Crippen LogP contribution in [0.1, 0.15) is 25.0 Å². The van der Waals surface area contributed by atoms with E-state index in [0.717, 1.165) is 5.56 Å². The number of hydrogen-bond acceptors (Lipinski definition) is 3. The number of amides is 1. The van der Waals surface area contributed by atoms with E-state index in [4.69, 9.17) is 15.6 Å². The van der Waals surface area contributed by atoms with Crippen LogP contribution in [0.5, 0.6) is 0 Å². The summed E-state index contributed by atoms with van der Waals surface area (Å²) < 4.78 is 5.31. The first kappa shape index (κ1) is 13.2. The lowest BCUT2D eigenvalue weighted by Gasteiger charge is -2.18. The molecule has 0 heterocycles. The van der Waals surface area contributed by atoms with Crippen molar-refractivity contribution in [2.24, 2.45) is 5.73 Å². The highest BCUT2D eigenvalue weighted by molar-refractivity contribution is 5.82. The van der Waals surface area contributed by atoms with Gasteiger partial charge in [0.2, 0.25) is 5.91 Å². The number of primary amides is 1. The first-order chi connectivity index (χ1) is 8.00. The Morgan fingerprint density at radius 1 is 1.35 bits per heavy atom. The molecule has 17 heavy (non-hydrogen) atoms. The number of carbonyl (C=O) groups excluding carboxylic acids is 1. The van der Waals surface area contributed by atoms with E-state index in [1.807, 2.05) is 30.3 Å². The summed E-state index contributed by atoms with van der Waals surface area (Å²) in [6.07, 6.45) is -1.94. The SMILES string of the molecule is CC(O[C@H](CC(N)=O)C(=O)O)c1ccccc1. The van der Waals surface area contributed by atoms with Gasteiger partial charge in [-0.1, -0.05) is 30.3 Å². The maximum Gasteiger partial charge on any atom is 0.333 e. The van der Waals surface area contributed by atoms with Crippen LogP contribution < -0.4 is 5.73 Å². The molecule has 92 valence electrons. The van der Waals surface area contributed by atoms with Crippen molar-refractivity contribution < 1.29 is 19.4 Å². The zero-order valence-electron chi connectivity index (χ0n) is 9.50. The van der Waals surface area contributed by atoms with Crippen LogP contribution in [-0.2, 0) is 14.3 Å². The second-order valence-electron chi connectivity index (χ2n) is 3.69. The molecule has 0 saturated heterocycles. The number of carboxylic acid groups (broad SMARTS) is 1. The van der Waals surface area contributed by atoms with E-state index in [2.05, 4.69) is 0 Å². The monoisotopic (exact) mass is 237 g/mol. The highest BCUT2D eigenvalue weighted by Gasteiger charge is 2.23. The molecule has 0 bridgehead atoms. The highest BCUT2D eigenvalue weighted by atomic mass is 16.5. The molecule has 0 aliphatic carbocycles. The predicted octanol–water partition coefficient (Wildman–Crippen LogP) is 1.09. The number of benzene rings is 1. The van der Waals surface area contributed by atoms with Crippen LogP contribution in [0.4, 0.5) is 0 Å². The zero-order valence-corrected chi connectivity index (χ0v) is 9.50. The molecule has 3 N–H and O–H groups in total. The molecular formula is C12H15NO4. The molecule has 0 saturated carbocycles. The van der Waals surface area contributed by atoms with E-state index in [-0.39, 0.29) is 6.42 Å². The molecule has 0 aromatic heterocycles. The van der Waals surface area contributed by atoms with Gasteiger partial charge in [0.15, 0.2) is 6.10 Å². The zero-order chi connectivity index (χ0) is 12.8. The topological polar surface area (TPSA) is 89.6 Å². The van der Waals surface area contributed by atoms with Gasteiger partial charge in [-0.3, -0.25) is 4.79 Å². The van der Waals surface area contributed by atoms with Crippen molar-refractivity contribution in [1.29, 1.82) is 0 Å². The average molecular weight is 237 g/mol. The Bertz CT molecular complexity index is 391. The van der Waals surface area contributed by atoms with E-state index in [1.54, 1.807) is 6.92 Å². The third kappa shape index (κ3) is 4.24. The summed E-state index contributed by atoms with van der Waals surface area (Å²) in [5.41, 5.74) is 5.81. The van der Waals surface area contributed by atoms with Gasteiger partial charge in [-0.2, -0.15) is 0 Å². The number of nitrogens with two attached hydrogens (primary N) is 1. The van der Waals surface area contributed by atoms with Crippen LogP contribution in [0.25, 0.3) is 0 Å². The standard InChI is InChI=1S/C12H15NO4/c1-8(9-5-3-2-4-6-9)17-10(12(15)16)7-11(13)14/h2-6,8,10H,7H2,1H3,(H2,13,14)(H,15,16)/t8?,10-/m1/s1. The van der Waals surface area contributed by atoms with Crippen LogP contribution >= 0.6 is 0 Å². The van der Waals surface area contributed by atoms with Gasteiger partial charge in [-0.25, -0.2) is 4.79 Å². The molecule has 1 unspecified atom stereocenters. The first-order valence-electron chi connectivity index (χ1n) is 5.22. The van der Waals surface area contributed by atoms with Crippen molar-refractivity contribution in [3.8, 4) is 0 Å². The summed E-state index contributed by atoms with van der Waals surface area (Å²) in [7, 11) is 0. The van der Waals surface area contributed by atoms with E-state index in [9.17, 15) is 9.59 Å². The van der Waals surface area contributed by atoms with Gasteiger partial charge < -0.3 is 15.6 Å². The summed E-state index contributed by atoms with van der Waals surface area (Å²) in [5, 5.41) is 8.89. The largest absolute Gasteiger partial charge is 0.479 e. The molecule has 5 heteroatoms. The van der Waals surface area contributed by atoms with Crippen molar-refractivity contribution in [3.63, 3.8) is 0 Å². The molecule has 1 aromatic carbocycles. The second kappa shape index (κ2) is 6.00. The molecule has 0 spiro atoms. The van der Waals surface area contributed by atoms with Crippen LogP contribution in [0.15, 0.2) is 30.3 Å². The maximum atomic E-state index is 10.9.